The molecule has 7 heteroatoms. The van der Waals surface area contributed by atoms with Crippen LogP contribution in [-0.2, 0) is 6.61 Å². The molecule has 0 saturated carbocycles. The zero-order chi connectivity index (χ0) is 17.0. The third-order valence-corrected chi connectivity index (χ3v) is 3.18. The Morgan fingerprint density at radius 3 is 2.38 bits per heavy atom. The van der Waals surface area contributed by atoms with E-state index in [1.807, 2.05) is 0 Å². The number of ether oxygens (including phenoxy) is 2. The van der Waals surface area contributed by atoms with Gasteiger partial charge in [-0.05, 0) is 30.3 Å². The van der Waals surface area contributed by atoms with Crippen LogP contribution in [0.15, 0.2) is 65.4 Å². The largest absolute Gasteiger partial charge is 0.573 e. The summed E-state index contributed by atoms with van der Waals surface area (Å²) in [6.45, 7) is -0.0461. The number of alkyl halides is 3. The average Bonchev–Trinajstić information content (AvgIpc) is 3.07. The van der Waals surface area contributed by atoms with Crippen LogP contribution in [0.2, 0.25) is 0 Å². The van der Waals surface area contributed by atoms with Crippen LogP contribution < -0.4 is 9.47 Å². The minimum atomic E-state index is -4.74. The predicted molar refractivity (Wildman–Crippen MR) is 79.4 cm³/mol. The normalized spacial score (nSPS) is 11.3. The zero-order valence-electron chi connectivity index (χ0n) is 12.3. The van der Waals surface area contributed by atoms with Crippen LogP contribution in [0.1, 0.15) is 5.56 Å². The van der Waals surface area contributed by atoms with Crippen molar-refractivity contribution in [3.05, 3.63) is 66.4 Å². The van der Waals surface area contributed by atoms with E-state index in [1.165, 1.54) is 24.5 Å². The van der Waals surface area contributed by atoms with E-state index in [2.05, 4.69) is 9.89 Å². The second kappa shape index (κ2) is 6.66. The van der Waals surface area contributed by atoms with Crippen molar-refractivity contribution in [1.29, 1.82) is 0 Å². The van der Waals surface area contributed by atoms with Gasteiger partial charge in [0.25, 0.3) is 0 Å². The van der Waals surface area contributed by atoms with E-state index < -0.39 is 6.36 Å². The molecule has 0 atom stereocenters. The Bertz CT molecular complexity index is 784. The summed E-state index contributed by atoms with van der Waals surface area (Å²) in [5, 5.41) is 3.82. The van der Waals surface area contributed by atoms with Gasteiger partial charge in [0.1, 0.15) is 30.1 Å². The van der Waals surface area contributed by atoms with Crippen molar-refractivity contribution in [2.24, 2.45) is 0 Å². The lowest BCUT2D eigenvalue weighted by Crippen LogP contribution is -2.18. The summed E-state index contributed by atoms with van der Waals surface area (Å²) < 4.78 is 51.5. The summed E-state index contributed by atoms with van der Waals surface area (Å²) in [4.78, 5) is 0. The molecule has 0 aliphatic heterocycles. The molecule has 3 aromatic rings. The van der Waals surface area contributed by atoms with Crippen molar-refractivity contribution >= 4 is 0 Å². The maximum absolute atomic E-state index is 12.4. The third-order valence-electron chi connectivity index (χ3n) is 3.18. The quantitative estimate of drug-likeness (QED) is 0.670. The fourth-order valence-electron chi connectivity index (χ4n) is 2.09. The molecule has 1 aromatic heterocycles. The Balaban J connectivity index is 1.68. The molecule has 0 radical (unpaired) electrons. The Morgan fingerprint density at radius 2 is 1.71 bits per heavy atom. The molecule has 0 amide bonds. The molecule has 124 valence electrons. The van der Waals surface area contributed by atoms with E-state index in [9.17, 15) is 13.2 Å². The van der Waals surface area contributed by atoms with Crippen LogP contribution in [0.4, 0.5) is 13.2 Å². The van der Waals surface area contributed by atoms with E-state index in [-0.39, 0.29) is 12.4 Å². The van der Waals surface area contributed by atoms with Crippen LogP contribution in [0, 0.1) is 0 Å². The van der Waals surface area contributed by atoms with Crippen LogP contribution in [-0.4, -0.2) is 11.5 Å². The molecule has 4 nitrogen and oxygen atoms in total. The van der Waals surface area contributed by atoms with E-state index >= 15 is 0 Å². The van der Waals surface area contributed by atoms with Gasteiger partial charge in [0, 0.05) is 17.2 Å². The average molecular weight is 335 g/mol. The molecule has 0 aliphatic carbocycles. The highest BCUT2D eigenvalue weighted by Gasteiger charge is 2.32. The smallest absolute Gasteiger partial charge is 0.489 e. The van der Waals surface area contributed by atoms with Crippen molar-refractivity contribution < 1.29 is 27.2 Å². The number of benzene rings is 2. The first kappa shape index (κ1) is 15.9. The van der Waals surface area contributed by atoms with Gasteiger partial charge >= 0.3 is 6.36 Å². The molecule has 0 bridgehead atoms. The van der Waals surface area contributed by atoms with E-state index in [0.717, 1.165) is 5.56 Å². The van der Waals surface area contributed by atoms with Crippen molar-refractivity contribution in [1.82, 2.24) is 5.16 Å². The van der Waals surface area contributed by atoms with Gasteiger partial charge < -0.3 is 14.0 Å². The van der Waals surface area contributed by atoms with Crippen LogP contribution in [0.3, 0.4) is 0 Å². The maximum Gasteiger partial charge on any atom is 0.573 e. The van der Waals surface area contributed by atoms with E-state index in [0.29, 0.717) is 17.0 Å². The minimum absolute atomic E-state index is 0.0461. The molecular formula is C17H12F3NO3. The summed E-state index contributed by atoms with van der Waals surface area (Å²) in [5.41, 5.74) is 1.83. The monoisotopic (exact) mass is 335 g/mol. The summed E-state index contributed by atoms with van der Waals surface area (Å²) in [7, 11) is 0. The number of halogens is 3. The molecule has 0 aliphatic rings. The standard InChI is InChI=1S/C17H12F3NO3/c18-17(19,20)24-16-4-2-1-3-13(16)11-22-14-7-5-12(6-8-14)15-9-10-23-21-15/h1-10H,11H2. The molecule has 0 saturated heterocycles. The molecule has 1 heterocycles. The number of para-hydroxylation sites is 1. The molecular weight excluding hydrogens is 323 g/mol. The summed E-state index contributed by atoms with van der Waals surface area (Å²) in [6.07, 6.45) is -3.27. The van der Waals surface area contributed by atoms with Crippen LogP contribution in [0.5, 0.6) is 11.5 Å². The van der Waals surface area contributed by atoms with Gasteiger partial charge in [0.2, 0.25) is 0 Å². The van der Waals surface area contributed by atoms with Gasteiger partial charge in [-0.3, -0.25) is 0 Å². The van der Waals surface area contributed by atoms with Gasteiger partial charge in [0.05, 0.1) is 0 Å². The Labute approximate surface area is 135 Å². The van der Waals surface area contributed by atoms with Crippen LogP contribution >= 0.6 is 0 Å². The molecule has 0 N–H and O–H groups in total. The lowest BCUT2D eigenvalue weighted by molar-refractivity contribution is -0.275. The van der Waals surface area contributed by atoms with Gasteiger partial charge in [-0.15, -0.1) is 13.2 Å². The second-order valence-corrected chi connectivity index (χ2v) is 4.85. The van der Waals surface area contributed by atoms with E-state index in [1.54, 1.807) is 36.4 Å². The first-order valence-corrected chi connectivity index (χ1v) is 6.98. The first-order chi connectivity index (χ1) is 11.5. The summed E-state index contributed by atoms with van der Waals surface area (Å²) in [5.74, 6) is 0.244. The summed E-state index contributed by atoms with van der Waals surface area (Å²) in [6, 6.07) is 14.6. The molecule has 0 spiro atoms. The Kier molecular flexibility index (Phi) is 4.41. The van der Waals surface area contributed by atoms with E-state index in [4.69, 9.17) is 9.26 Å². The maximum atomic E-state index is 12.4. The van der Waals surface area contributed by atoms with Gasteiger partial charge in [-0.1, -0.05) is 23.4 Å². The first-order valence-electron chi connectivity index (χ1n) is 6.98. The zero-order valence-corrected chi connectivity index (χ0v) is 12.3. The molecule has 24 heavy (non-hydrogen) atoms. The Morgan fingerprint density at radius 1 is 0.958 bits per heavy atom. The second-order valence-electron chi connectivity index (χ2n) is 4.85. The van der Waals surface area contributed by atoms with Crippen molar-refractivity contribution in [2.75, 3.05) is 0 Å². The SMILES string of the molecule is FC(F)(F)Oc1ccccc1COc1ccc(-c2ccon2)cc1. The molecule has 0 fully saturated rings. The number of hydrogen-bond donors (Lipinski definition) is 0. The topological polar surface area (TPSA) is 44.5 Å². The Hall–Kier alpha value is -2.96. The van der Waals surface area contributed by atoms with Gasteiger partial charge in [-0.2, -0.15) is 0 Å². The van der Waals surface area contributed by atoms with Crippen molar-refractivity contribution in [3.8, 4) is 22.8 Å². The van der Waals surface area contributed by atoms with Crippen molar-refractivity contribution in [2.45, 2.75) is 13.0 Å². The highest BCUT2D eigenvalue weighted by molar-refractivity contribution is 5.59. The van der Waals surface area contributed by atoms with Gasteiger partial charge in [-0.25, -0.2) is 0 Å². The summed E-state index contributed by atoms with van der Waals surface area (Å²) >= 11 is 0. The van der Waals surface area contributed by atoms with Gasteiger partial charge in [0.15, 0.2) is 0 Å². The van der Waals surface area contributed by atoms with Crippen molar-refractivity contribution in [3.63, 3.8) is 0 Å². The number of aromatic nitrogens is 1. The molecule has 3 rings (SSSR count). The fourth-order valence-corrected chi connectivity index (χ4v) is 2.09. The lowest BCUT2D eigenvalue weighted by Gasteiger charge is -2.13. The lowest BCUT2D eigenvalue weighted by atomic mass is 10.1. The van der Waals surface area contributed by atoms with Crippen LogP contribution in [0.25, 0.3) is 11.3 Å². The fraction of sp³-hybridized carbons (Fsp3) is 0.118. The number of nitrogens with zero attached hydrogens (tertiary/aromatic N) is 1. The number of hydrogen-bond acceptors (Lipinski definition) is 4. The third kappa shape index (κ3) is 4.07. The minimum Gasteiger partial charge on any atom is -0.489 e. The highest BCUT2D eigenvalue weighted by Crippen LogP contribution is 2.27. The highest BCUT2D eigenvalue weighted by atomic mass is 19.4. The number of rotatable bonds is 5. The predicted octanol–water partition coefficient (Wildman–Crippen LogP) is 4.82. The molecule has 2 aromatic carbocycles. The molecule has 0 unspecified atom stereocenters.